The van der Waals surface area contributed by atoms with E-state index in [1.165, 1.54) is 0 Å². The highest BCUT2D eigenvalue weighted by atomic mass is 14.7. The standard InChI is InChI=1S/C13H14N2/c1-2-5-12(14)10-8-9-15-13-7-4-3-6-11(10)13/h2-4,6-9,12H,1,5,14H2. The van der Waals surface area contributed by atoms with Gasteiger partial charge in [0.2, 0.25) is 0 Å². The van der Waals surface area contributed by atoms with Gasteiger partial charge in [0.1, 0.15) is 0 Å². The summed E-state index contributed by atoms with van der Waals surface area (Å²) in [5, 5.41) is 1.13. The first-order valence-corrected chi connectivity index (χ1v) is 5.03. The first-order chi connectivity index (χ1) is 7.33. The summed E-state index contributed by atoms with van der Waals surface area (Å²) in [7, 11) is 0. The van der Waals surface area contributed by atoms with E-state index in [4.69, 9.17) is 5.73 Å². The van der Waals surface area contributed by atoms with E-state index in [0.717, 1.165) is 22.9 Å². The molecule has 0 aliphatic heterocycles. The van der Waals surface area contributed by atoms with Crippen LogP contribution < -0.4 is 5.73 Å². The third-order valence-corrected chi connectivity index (χ3v) is 2.50. The number of nitrogens with two attached hydrogens (primary N) is 1. The molecule has 2 nitrogen and oxygen atoms in total. The van der Waals surface area contributed by atoms with Crippen molar-refractivity contribution in [3.05, 3.63) is 54.7 Å². The van der Waals surface area contributed by atoms with Gasteiger partial charge in [0.25, 0.3) is 0 Å². The molecule has 2 heteroatoms. The Labute approximate surface area is 89.4 Å². The molecule has 0 spiro atoms. The van der Waals surface area contributed by atoms with Crippen LogP contribution >= 0.6 is 0 Å². The lowest BCUT2D eigenvalue weighted by Crippen LogP contribution is -2.09. The molecule has 1 heterocycles. The van der Waals surface area contributed by atoms with Crippen LogP contribution in [0.15, 0.2) is 49.2 Å². The zero-order valence-corrected chi connectivity index (χ0v) is 8.56. The summed E-state index contributed by atoms with van der Waals surface area (Å²) >= 11 is 0. The number of para-hydroxylation sites is 1. The maximum Gasteiger partial charge on any atom is 0.0705 e. The second kappa shape index (κ2) is 4.24. The zero-order chi connectivity index (χ0) is 10.7. The number of pyridine rings is 1. The molecular weight excluding hydrogens is 184 g/mol. The fraction of sp³-hybridized carbons (Fsp3) is 0.154. The quantitative estimate of drug-likeness (QED) is 0.770. The Kier molecular flexibility index (Phi) is 2.79. The van der Waals surface area contributed by atoms with Crippen molar-refractivity contribution in [3.8, 4) is 0 Å². The van der Waals surface area contributed by atoms with Crippen LogP contribution in [0.4, 0.5) is 0 Å². The van der Waals surface area contributed by atoms with Crippen molar-refractivity contribution in [3.63, 3.8) is 0 Å². The van der Waals surface area contributed by atoms with Crippen molar-refractivity contribution in [1.29, 1.82) is 0 Å². The summed E-state index contributed by atoms with van der Waals surface area (Å²) in [5.74, 6) is 0. The van der Waals surface area contributed by atoms with Gasteiger partial charge < -0.3 is 5.73 Å². The van der Waals surface area contributed by atoms with E-state index in [-0.39, 0.29) is 6.04 Å². The summed E-state index contributed by atoms with van der Waals surface area (Å²) in [5.41, 5.74) is 8.21. The lowest BCUT2D eigenvalue weighted by molar-refractivity contribution is 0.747. The number of aromatic nitrogens is 1. The molecule has 0 radical (unpaired) electrons. The number of fused-ring (bicyclic) bond motifs is 1. The Hall–Kier alpha value is -1.67. The van der Waals surface area contributed by atoms with Gasteiger partial charge in [-0.15, -0.1) is 6.58 Å². The predicted molar refractivity (Wildman–Crippen MR) is 63.5 cm³/mol. The van der Waals surface area contributed by atoms with Crippen LogP contribution in [0, 0.1) is 0 Å². The van der Waals surface area contributed by atoms with Crippen LogP contribution in [0.1, 0.15) is 18.0 Å². The monoisotopic (exact) mass is 198 g/mol. The average molecular weight is 198 g/mol. The molecule has 1 aromatic heterocycles. The lowest BCUT2D eigenvalue weighted by Gasteiger charge is -2.11. The maximum absolute atomic E-state index is 6.07. The molecule has 2 rings (SSSR count). The molecule has 1 atom stereocenters. The second-order valence-electron chi connectivity index (χ2n) is 3.55. The normalized spacial score (nSPS) is 12.6. The molecule has 15 heavy (non-hydrogen) atoms. The molecule has 1 aromatic carbocycles. The highest BCUT2D eigenvalue weighted by Crippen LogP contribution is 2.23. The molecule has 0 aliphatic rings. The first kappa shape index (κ1) is 9.87. The highest BCUT2D eigenvalue weighted by Gasteiger charge is 2.07. The van der Waals surface area contributed by atoms with Crippen molar-refractivity contribution in [2.24, 2.45) is 5.73 Å². The lowest BCUT2D eigenvalue weighted by atomic mass is 10.0. The SMILES string of the molecule is C=CCC(N)c1ccnc2ccccc12. The predicted octanol–water partition coefficient (Wildman–Crippen LogP) is 2.81. The van der Waals surface area contributed by atoms with Crippen molar-refractivity contribution in [2.45, 2.75) is 12.5 Å². The third kappa shape index (κ3) is 1.90. The molecule has 76 valence electrons. The molecular formula is C13H14N2. The van der Waals surface area contributed by atoms with E-state index in [0.29, 0.717) is 0 Å². The van der Waals surface area contributed by atoms with Crippen LogP contribution in [0.5, 0.6) is 0 Å². The molecule has 0 bridgehead atoms. The maximum atomic E-state index is 6.07. The van der Waals surface area contributed by atoms with Crippen LogP contribution in [0.3, 0.4) is 0 Å². The summed E-state index contributed by atoms with van der Waals surface area (Å²) in [6.07, 6.45) is 4.44. The topological polar surface area (TPSA) is 38.9 Å². The summed E-state index contributed by atoms with van der Waals surface area (Å²) in [4.78, 5) is 4.30. The largest absolute Gasteiger partial charge is 0.324 e. The van der Waals surface area contributed by atoms with E-state index < -0.39 is 0 Å². The summed E-state index contributed by atoms with van der Waals surface area (Å²) in [6.45, 7) is 3.71. The van der Waals surface area contributed by atoms with Gasteiger partial charge in [0, 0.05) is 17.6 Å². The van der Waals surface area contributed by atoms with E-state index in [1.54, 1.807) is 6.20 Å². The Morgan fingerprint density at radius 2 is 2.13 bits per heavy atom. The smallest absolute Gasteiger partial charge is 0.0705 e. The molecule has 0 saturated heterocycles. The number of rotatable bonds is 3. The van der Waals surface area contributed by atoms with Gasteiger partial charge in [0.15, 0.2) is 0 Å². The summed E-state index contributed by atoms with van der Waals surface area (Å²) in [6, 6.07) is 10.0. The van der Waals surface area contributed by atoms with Crippen molar-refractivity contribution in [2.75, 3.05) is 0 Å². The number of hydrogen-bond donors (Lipinski definition) is 1. The van der Waals surface area contributed by atoms with Crippen molar-refractivity contribution < 1.29 is 0 Å². The minimum absolute atomic E-state index is 0.00963. The Bertz CT molecular complexity index is 471. The van der Waals surface area contributed by atoms with Crippen LogP contribution in [-0.2, 0) is 0 Å². The summed E-state index contributed by atoms with van der Waals surface area (Å²) < 4.78 is 0. The molecule has 2 N–H and O–H groups in total. The molecule has 0 saturated carbocycles. The molecule has 2 aromatic rings. The van der Waals surface area contributed by atoms with E-state index in [1.807, 2.05) is 30.3 Å². The van der Waals surface area contributed by atoms with Gasteiger partial charge >= 0.3 is 0 Å². The van der Waals surface area contributed by atoms with Gasteiger partial charge in [-0.25, -0.2) is 0 Å². The fourth-order valence-electron chi connectivity index (χ4n) is 1.75. The fourth-order valence-corrected chi connectivity index (χ4v) is 1.75. The van der Waals surface area contributed by atoms with E-state index in [9.17, 15) is 0 Å². The van der Waals surface area contributed by atoms with E-state index >= 15 is 0 Å². The molecule has 0 aliphatic carbocycles. The highest BCUT2D eigenvalue weighted by molar-refractivity contribution is 5.82. The minimum atomic E-state index is 0.00963. The number of nitrogens with zero attached hydrogens (tertiary/aromatic N) is 1. The molecule has 0 amide bonds. The van der Waals surface area contributed by atoms with E-state index in [2.05, 4.69) is 17.6 Å². The van der Waals surface area contributed by atoms with Crippen LogP contribution in [0.25, 0.3) is 10.9 Å². The van der Waals surface area contributed by atoms with Gasteiger partial charge in [-0.05, 0) is 24.1 Å². The Morgan fingerprint density at radius 1 is 1.33 bits per heavy atom. The van der Waals surface area contributed by atoms with Crippen LogP contribution in [-0.4, -0.2) is 4.98 Å². The average Bonchev–Trinajstić information content (AvgIpc) is 2.28. The minimum Gasteiger partial charge on any atom is -0.324 e. The Balaban J connectivity index is 2.55. The number of hydrogen-bond acceptors (Lipinski definition) is 2. The van der Waals surface area contributed by atoms with Gasteiger partial charge in [-0.2, -0.15) is 0 Å². The van der Waals surface area contributed by atoms with Crippen molar-refractivity contribution in [1.82, 2.24) is 4.98 Å². The van der Waals surface area contributed by atoms with Gasteiger partial charge in [-0.1, -0.05) is 24.3 Å². The third-order valence-electron chi connectivity index (χ3n) is 2.50. The number of benzene rings is 1. The van der Waals surface area contributed by atoms with Gasteiger partial charge in [-0.3, -0.25) is 4.98 Å². The van der Waals surface area contributed by atoms with Gasteiger partial charge in [0.05, 0.1) is 5.52 Å². The van der Waals surface area contributed by atoms with Crippen molar-refractivity contribution >= 4 is 10.9 Å². The second-order valence-corrected chi connectivity index (χ2v) is 3.55. The molecule has 0 fully saturated rings. The Morgan fingerprint density at radius 3 is 2.93 bits per heavy atom. The zero-order valence-electron chi connectivity index (χ0n) is 8.56. The first-order valence-electron chi connectivity index (χ1n) is 5.03. The molecule has 1 unspecified atom stereocenters. The van der Waals surface area contributed by atoms with Crippen LogP contribution in [0.2, 0.25) is 0 Å².